The van der Waals surface area contributed by atoms with E-state index in [0.29, 0.717) is 45.1 Å². The van der Waals surface area contributed by atoms with Gasteiger partial charge in [-0.15, -0.1) is 10.1 Å². The average Bonchev–Trinajstić information content (AvgIpc) is 3.18. The van der Waals surface area contributed by atoms with Gasteiger partial charge in [-0.2, -0.15) is 0 Å². The molecule has 1 amide bonds. The number of rotatable bonds is 17. The van der Waals surface area contributed by atoms with E-state index in [1.165, 1.54) is 0 Å². The molecule has 1 aromatic rings. The number of amides is 1. The van der Waals surface area contributed by atoms with Crippen molar-refractivity contribution < 1.29 is 24.9 Å². The standard InChI is InChI=1S/C29H43N2O6/c1-3-12-28(37-31(35)36)26-21-27(33)25(15-10-5-6-11-16-29(34)30-4-2)24(26)20-19-23(32)18-17-22-13-8-7-9-14-22/h5,7-10,13-14,19-20,23-28,32-33H,1,3-4,6,11-12,15-18,21H2,2H3,(H,30,34)/b10-5-,20-19+/t23-,24+,25+,26+,27-,28?/m0/s1. The van der Waals surface area contributed by atoms with Gasteiger partial charge in [0.05, 0.1) is 12.2 Å². The van der Waals surface area contributed by atoms with Gasteiger partial charge in [-0.3, -0.25) is 4.79 Å². The third-order valence-electron chi connectivity index (χ3n) is 7.03. The zero-order valence-electron chi connectivity index (χ0n) is 21.9. The molecular weight excluding hydrogens is 472 g/mol. The van der Waals surface area contributed by atoms with Crippen molar-refractivity contribution in [3.05, 3.63) is 77.2 Å². The fourth-order valence-electron chi connectivity index (χ4n) is 5.19. The van der Waals surface area contributed by atoms with E-state index in [4.69, 9.17) is 4.84 Å². The van der Waals surface area contributed by atoms with Crippen molar-refractivity contribution in [3.8, 4) is 0 Å². The van der Waals surface area contributed by atoms with Gasteiger partial charge in [-0.25, -0.2) is 0 Å². The minimum absolute atomic E-state index is 0.0447. The summed E-state index contributed by atoms with van der Waals surface area (Å²) in [5.74, 6) is -0.540. The van der Waals surface area contributed by atoms with Crippen molar-refractivity contribution in [3.63, 3.8) is 0 Å². The number of hydrogen-bond acceptors (Lipinski definition) is 6. The van der Waals surface area contributed by atoms with Crippen molar-refractivity contribution in [2.75, 3.05) is 6.54 Å². The second-order valence-corrected chi connectivity index (χ2v) is 9.75. The number of nitrogens with zero attached hydrogens (tertiary/aromatic N) is 1. The maximum Gasteiger partial charge on any atom is 0.294 e. The lowest BCUT2D eigenvalue weighted by Gasteiger charge is -2.27. The Morgan fingerprint density at radius 2 is 2.05 bits per heavy atom. The highest BCUT2D eigenvalue weighted by Gasteiger charge is 2.44. The monoisotopic (exact) mass is 515 g/mol. The molecule has 0 aromatic heterocycles. The Kier molecular flexibility index (Phi) is 14.0. The highest BCUT2D eigenvalue weighted by atomic mass is 17.0. The molecule has 3 N–H and O–H groups in total. The average molecular weight is 516 g/mol. The molecule has 6 atom stereocenters. The Balaban J connectivity index is 2.06. The van der Waals surface area contributed by atoms with E-state index in [-0.39, 0.29) is 23.7 Å². The summed E-state index contributed by atoms with van der Waals surface area (Å²) in [5.41, 5.74) is 1.15. The minimum atomic E-state index is -0.760. The Hall–Kier alpha value is -2.71. The van der Waals surface area contributed by atoms with Gasteiger partial charge in [-0.05, 0) is 75.2 Å². The molecule has 8 heteroatoms. The summed E-state index contributed by atoms with van der Waals surface area (Å²) in [5, 5.41) is 34.7. The fraction of sp³-hybridized carbons (Fsp3) is 0.586. The van der Waals surface area contributed by atoms with Crippen LogP contribution in [0.5, 0.6) is 0 Å². The summed E-state index contributed by atoms with van der Waals surface area (Å²) in [7, 11) is 0. The lowest BCUT2D eigenvalue weighted by Crippen LogP contribution is -2.30. The maximum absolute atomic E-state index is 11.6. The molecule has 1 aliphatic rings. The summed E-state index contributed by atoms with van der Waals surface area (Å²) in [4.78, 5) is 27.8. The smallest absolute Gasteiger partial charge is 0.294 e. The minimum Gasteiger partial charge on any atom is -0.393 e. The molecule has 0 bridgehead atoms. The van der Waals surface area contributed by atoms with Crippen molar-refractivity contribution in [2.45, 2.75) is 83.0 Å². The van der Waals surface area contributed by atoms with Crippen LogP contribution in [0.25, 0.3) is 0 Å². The number of carbonyl (C=O) groups excluding carboxylic acids is 1. The largest absolute Gasteiger partial charge is 0.393 e. The van der Waals surface area contributed by atoms with Crippen LogP contribution in [0.15, 0.2) is 54.6 Å². The summed E-state index contributed by atoms with van der Waals surface area (Å²) < 4.78 is 0. The van der Waals surface area contributed by atoms with Crippen molar-refractivity contribution in [2.24, 2.45) is 17.8 Å². The molecule has 1 saturated carbocycles. The van der Waals surface area contributed by atoms with Crippen LogP contribution in [0.1, 0.15) is 63.9 Å². The molecule has 8 nitrogen and oxygen atoms in total. The third kappa shape index (κ3) is 11.1. The molecule has 1 aromatic carbocycles. The number of hydrogen-bond donors (Lipinski definition) is 3. The topological polar surface area (TPSA) is 122 Å². The summed E-state index contributed by atoms with van der Waals surface area (Å²) in [6, 6.07) is 9.95. The summed E-state index contributed by atoms with van der Waals surface area (Å²) in [6.07, 6.45) is 10.9. The SMILES string of the molecule is [CH2]CCC(O[N+](=O)[O-])[C@@H]1C[C@H](O)[C@H](C/C=C\CCCC(=O)NCC)[C@H]1/C=C/[C@@H](O)CCc1ccccc1. The second-order valence-electron chi connectivity index (χ2n) is 9.75. The highest BCUT2D eigenvalue weighted by molar-refractivity contribution is 5.75. The van der Waals surface area contributed by atoms with Crippen LogP contribution in [0.4, 0.5) is 0 Å². The Morgan fingerprint density at radius 1 is 1.30 bits per heavy atom. The molecule has 0 spiro atoms. The Labute approximate surface area is 220 Å². The highest BCUT2D eigenvalue weighted by Crippen LogP contribution is 2.44. The number of allylic oxidation sites excluding steroid dienone is 3. The number of carbonyl (C=O) groups is 1. The van der Waals surface area contributed by atoms with Crippen LogP contribution in [0.2, 0.25) is 0 Å². The van der Waals surface area contributed by atoms with Gasteiger partial charge in [0.1, 0.15) is 6.10 Å². The van der Waals surface area contributed by atoms with Gasteiger partial charge in [0.25, 0.3) is 5.09 Å². The number of aliphatic hydroxyl groups is 2. The molecule has 0 heterocycles. The Morgan fingerprint density at radius 3 is 2.73 bits per heavy atom. The maximum atomic E-state index is 11.6. The first-order valence-electron chi connectivity index (χ1n) is 13.5. The van der Waals surface area contributed by atoms with E-state index in [9.17, 15) is 25.1 Å². The van der Waals surface area contributed by atoms with E-state index >= 15 is 0 Å². The van der Waals surface area contributed by atoms with Gasteiger partial charge < -0.3 is 20.4 Å². The van der Waals surface area contributed by atoms with Gasteiger partial charge in [0.2, 0.25) is 5.91 Å². The zero-order chi connectivity index (χ0) is 27.0. The first-order chi connectivity index (χ1) is 17.8. The molecule has 0 saturated heterocycles. The zero-order valence-corrected chi connectivity index (χ0v) is 21.9. The molecule has 1 fully saturated rings. The predicted octanol–water partition coefficient (Wildman–Crippen LogP) is 4.59. The van der Waals surface area contributed by atoms with E-state index in [1.54, 1.807) is 6.08 Å². The lowest BCUT2D eigenvalue weighted by atomic mass is 9.82. The molecular formula is C29H43N2O6. The van der Waals surface area contributed by atoms with Crippen molar-refractivity contribution in [1.82, 2.24) is 5.32 Å². The van der Waals surface area contributed by atoms with Crippen LogP contribution >= 0.6 is 0 Å². The molecule has 205 valence electrons. The van der Waals surface area contributed by atoms with Gasteiger partial charge >= 0.3 is 0 Å². The Bertz CT molecular complexity index is 859. The third-order valence-corrected chi connectivity index (χ3v) is 7.03. The van der Waals surface area contributed by atoms with Crippen LogP contribution in [0, 0.1) is 34.8 Å². The number of aliphatic hydroxyl groups excluding tert-OH is 2. The first kappa shape index (κ1) is 30.5. The molecule has 1 unspecified atom stereocenters. The number of benzene rings is 1. The van der Waals surface area contributed by atoms with E-state index in [0.717, 1.165) is 24.8 Å². The van der Waals surface area contributed by atoms with E-state index in [2.05, 4.69) is 12.2 Å². The van der Waals surface area contributed by atoms with Crippen LogP contribution in [0.3, 0.4) is 0 Å². The summed E-state index contributed by atoms with van der Waals surface area (Å²) >= 11 is 0. The van der Waals surface area contributed by atoms with Crippen molar-refractivity contribution >= 4 is 5.91 Å². The summed E-state index contributed by atoms with van der Waals surface area (Å²) in [6.45, 7) is 6.35. The van der Waals surface area contributed by atoms with Gasteiger partial charge in [0.15, 0.2) is 0 Å². The molecule has 1 aliphatic carbocycles. The lowest BCUT2D eigenvalue weighted by molar-refractivity contribution is -0.771. The number of nitrogens with one attached hydrogen (secondary N) is 1. The molecule has 37 heavy (non-hydrogen) atoms. The second kappa shape index (κ2) is 16.9. The van der Waals surface area contributed by atoms with Crippen LogP contribution < -0.4 is 5.32 Å². The normalized spacial score (nSPS) is 23.4. The molecule has 1 radical (unpaired) electrons. The molecule has 2 rings (SSSR count). The number of aryl methyl sites for hydroxylation is 1. The van der Waals surface area contributed by atoms with Gasteiger partial charge in [-0.1, -0.05) is 68.0 Å². The number of unbranched alkanes of at least 4 members (excludes halogenated alkanes) is 1. The quantitative estimate of drug-likeness (QED) is 0.121. The van der Waals surface area contributed by atoms with Crippen LogP contribution in [-0.2, 0) is 16.1 Å². The van der Waals surface area contributed by atoms with E-state index in [1.807, 2.05) is 55.5 Å². The molecule has 0 aliphatic heterocycles. The predicted molar refractivity (Wildman–Crippen MR) is 144 cm³/mol. The van der Waals surface area contributed by atoms with E-state index < -0.39 is 23.4 Å². The van der Waals surface area contributed by atoms with Gasteiger partial charge in [0, 0.05) is 13.0 Å². The first-order valence-corrected chi connectivity index (χ1v) is 13.5. The fourth-order valence-corrected chi connectivity index (χ4v) is 5.19. The van der Waals surface area contributed by atoms with Crippen LogP contribution in [-0.4, -0.2) is 46.1 Å². The van der Waals surface area contributed by atoms with Crippen molar-refractivity contribution in [1.29, 1.82) is 0 Å².